The van der Waals surface area contributed by atoms with Crippen LogP contribution in [0, 0.1) is 0 Å². The van der Waals surface area contributed by atoms with Crippen LogP contribution in [0.1, 0.15) is 79.1 Å². The molecule has 0 fully saturated rings. The van der Waals surface area contributed by atoms with Crippen molar-refractivity contribution < 1.29 is 9.47 Å². The molecule has 0 spiro atoms. The van der Waals surface area contributed by atoms with Gasteiger partial charge in [-0.15, -0.1) is 0 Å². The zero-order valence-corrected chi connectivity index (χ0v) is 15.4. The van der Waals surface area contributed by atoms with Gasteiger partial charge in [0.15, 0.2) is 0 Å². The Morgan fingerprint density at radius 3 is 0.842 bits per heavy atom. The number of hydrogen-bond donors (Lipinski definition) is 0. The minimum absolute atomic E-state index is 0. The van der Waals surface area contributed by atoms with E-state index >= 15 is 0 Å². The first-order chi connectivity index (χ1) is 8.83. The monoisotopic (exact) mass is 284 g/mol. The van der Waals surface area contributed by atoms with E-state index in [4.69, 9.17) is 9.47 Å². The maximum Gasteiger partial charge on any atom is 2.00 e. The number of rotatable bonds is 12. The molecule has 0 N–H and O–H groups in total. The Balaban J connectivity index is -0.000000256. The summed E-state index contributed by atoms with van der Waals surface area (Å²) in [7, 11) is 0. The number of hydrogen-bond acceptors (Lipinski definition) is 2. The molecule has 0 amide bonds. The fourth-order valence-electron chi connectivity index (χ4n) is 1.19. The Morgan fingerprint density at radius 2 is 0.684 bits per heavy atom. The van der Waals surface area contributed by atoms with E-state index in [-0.39, 0.29) is 23.1 Å². The summed E-state index contributed by atoms with van der Waals surface area (Å²) in [6.45, 7) is 12.6. The zero-order valence-electron chi connectivity index (χ0n) is 14.0. The van der Waals surface area contributed by atoms with Crippen molar-refractivity contribution in [3.05, 3.63) is 0 Å². The summed E-state index contributed by atoms with van der Waals surface area (Å²) in [6.07, 6.45) is 9.82. The van der Waals surface area contributed by atoms with E-state index < -0.39 is 0 Å². The van der Waals surface area contributed by atoms with Crippen molar-refractivity contribution in [1.29, 1.82) is 0 Å². The third-order valence-corrected chi connectivity index (χ3v) is 2.57. The molecule has 0 saturated carbocycles. The smallest absolute Gasteiger partial charge is 0.381 e. The average Bonchev–Trinajstić information content (AvgIpc) is 2.39. The fraction of sp³-hybridized carbons (Fsp3) is 1.00. The second kappa shape index (κ2) is 27.1. The summed E-state index contributed by atoms with van der Waals surface area (Å²) in [5, 5.41) is 0. The Labute approximate surface area is 138 Å². The minimum Gasteiger partial charge on any atom is -0.381 e. The predicted octanol–water partition coefficient (Wildman–Crippen LogP) is 4.83. The van der Waals surface area contributed by atoms with Gasteiger partial charge in [-0.3, -0.25) is 0 Å². The maximum atomic E-state index is 5.31. The van der Waals surface area contributed by atoms with Crippen LogP contribution >= 0.6 is 0 Å². The van der Waals surface area contributed by atoms with Gasteiger partial charge in [-0.1, -0.05) is 53.4 Å². The summed E-state index contributed by atoms with van der Waals surface area (Å²) < 4.78 is 10.6. The molecule has 112 valence electrons. The summed E-state index contributed by atoms with van der Waals surface area (Å²) >= 11 is 0. The molecule has 2 nitrogen and oxygen atoms in total. The molecule has 0 unspecified atom stereocenters. The van der Waals surface area contributed by atoms with E-state index in [1.54, 1.807) is 0 Å². The minimum atomic E-state index is 0. The van der Waals surface area contributed by atoms with Crippen molar-refractivity contribution in [2.75, 3.05) is 26.4 Å². The van der Waals surface area contributed by atoms with E-state index in [0.717, 1.165) is 26.4 Å². The van der Waals surface area contributed by atoms with Gasteiger partial charge >= 0.3 is 23.1 Å². The summed E-state index contributed by atoms with van der Waals surface area (Å²) in [5.41, 5.74) is 0. The Kier molecular flexibility index (Phi) is 35.2. The van der Waals surface area contributed by atoms with Gasteiger partial charge in [0.25, 0.3) is 0 Å². The molecule has 0 aromatic rings. The molecular weight excluding hydrogens is 248 g/mol. The molecule has 0 aromatic carbocycles. The van der Waals surface area contributed by atoms with E-state index in [0.29, 0.717) is 0 Å². The van der Waals surface area contributed by atoms with Gasteiger partial charge in [0.2, 0.25) is 0 Å². The van der Waals surface area contributed by atoms with E-state index in [1.807, 2.05) is 0 Å². The van der Waals surface area contributed by atoms with Crippen LogP contribution in [0.3, 0.4) is 0 Å². The molecule has 3 heteroatoms. The first-order valence-corrected chi connectivity index (χ1v) is 7.98. The topological polar surface area (TPSA) is 18.5 Å². The van der Waals surface area contributed by atoms with Crippen LogP contribution < -0.4 is 0 Å². The van der Waals surface area contributed by atoms with Gasteiger partial charge < -0.3 is 9.47 Å². The normalized spacial score (nSPS) is 9.47. The van der Waals surface area contributed by atoms with Gasteiger partial charge in [0, 0.05) is 26.4 Å². The van der Waals surface area contributed by atoms with E-state index in [9.17, 15) is 0 Å². The quantitative estimate of drug-likeness (QED) is 0.378. The van der Waals surface area contributed by atoms with Crippen molar-refractivity contribution in [2.45, 2.75) is 79.1 Å². The van der Waals surface area contributed by atoms with Crippen molar-refractivity contribution in [3.63, 3.8) is 0 Å². The third kappa shape index (κ3) is 32.3. The van der Waals surface area contributed by atoms with E-state index in [1.165, 1.54) is 51.4 Å². The van der Waals surface area contributed by atoms with E-state index in [2.05, 4.69) is 27.7 Å². The second-order valence-corrected chi connectivity index (χ2v) is 4.64. The van der Waals surface area contributed by atoms with Gasteiger partial charge in [-0.2, -0.15) is 0 Å². The standard InChI is InChI=1S/2C8H18O.Mg/c2*1-3-5-7-9-8-6-4-2;/h2*3-8H2,1-2H3;/q;;+2. The molecular formula is C16H36MgO2+2. The largest absolute Gasteiger partial charge is 2.00 e. The molecule has 0 aromatic heterocycles. The van der Waals surface area contributed by atoms with Gasteiger partial charge in [-0.25, -0.2) is 0 Å². The fourth-order valence-corrected chi connectivity index (χ4v) is 1.19. The van der Waals surface area contributed by atoms with Crippen LogP contribution in [-0.2, 0) is 9.47 Å². The molecule has 0 heterocycles. The molecule has 0 aliphatic heterocycles. The maximum absolute atomic E-state index is 5.31. The zero-order chi connectivity index (χ0) is 13.9. The van der Waals surface area contributed by atoms with Gasteiger partial charge in [0.05, 0.1) is 0 Å². The van der Waals surface area contributed by atoms with Crippen LogP contribution in [0.5, 0.6) is 0 Å². The van der Waals surface area contributed by atoms with Gasteiger partial charge in [-0.05, 0) is 25.7 Å². The number of unbranched alkanes of at least 4 members (excludes halogenated alkanes) is 4. The molecule has 0 bridgehead atoms. The van der Waals surface area contributed by atoms with Gasteiger partial charge in [0.1, 0.15) is 0 Å². The van der Waals surface area contributed by atoms with Crippen molar-refractivity contribution in [2.24, 2.45) is 0 Å². The predicted molar refractivity (Wildman–Crippen MR) is 87.0 cm³/mol. The van der Waals surface area contributed by atoms with Crippen LogP contribution in [0.25, 0.3) is 0 Å². The van der Waals surface area contributed by atoms with Crippen molar-refractivity contribution in [1.82, 2.24) is 0 Å². The average molecular weight is 285 g/mol. The summed E-state index contributed by atoms with van der Waals surface area (Å²) in [6, 6.07) is 0. The molecule has 0 radical (unpaired) electrons. The Hall–Kier alpha value is 0.686. The van der Waals surface area contributed by atoms with Crippen LogP contribution in [-0.4, -0.2) is 49.5 Å². The van der Waals surface area contributed by atoms with Crippen LogP contribution in [0.15, 0.2) is 0 Å². The second-order valence-electron chi connectivity index (χ2n) is 4.64. The van der Waals surface area contributed by atoms with Crippen LogP contribution in [0.4, 0.5) is 0 Å². The molecule has 0 rings (SSSR count). The SMILES string of the molecule is CCCCOCCCC.CCCCOCCCC.[Mg+2]. The number of ether oxygens (including phenoxy) is 2. The first-order valence-electron chi connectivity index (χ1n) is 7.98. The molecule has 0 aliphatic carbocycles. The Morgan fingerprint density at radius 1 is 0.474 bits per heavy atom. The summed E-state index contributed by atoms with van der Waals surface area (Å²) in [5.74, 6) is 0. The molecule has 0 atom stereocenters. The summed E-state index contributed by atoms with van der Waals surface area (Å²) in [4.78, 5) is 0. The third-order valence-electron chi connectivity index (χ3n) is 2.57. The molecule has 19 heavy (non-hydrogen) atoms. The Bertz CT molecular complexity index is 95.3. The first kappa shape index (κ1) is 24.7. The van der Waals surface area contributed by atoms with Crippen molar-refractivity contribution in [3.8, 4) is 0 Å². The molecule has 0 saturated heterocycles. The molecule has 0 aliphatic rings. The van der Waals surface area contributed by atoms with Crippen molar-refractivity contribution >= 4 is 23.1 Å². The van der Waals surface area contributed by atoms with Crippen LogP contribution in [0.2, 0.25) is 0 Å².